The molecule has 0 fully saturated rings. The minimum absolute atomic E-state index is 0.569. The Hall–Kier alpha value is -7.86. The Balaban J connectivity index is 1.11. The molecular formula is C50H29N5. The van der Waals surface area contributed by atoms with Gasteiger partial charge in [0.25, 0.3) is 0 Å². The second-order valence-electron chi connectivity index (χ2n) is 13.9. The van der Waals surface area contributed by atoms with Crippen LogP contribution in [0.1, 0.15) is 11.1 Å². The van der Waals surface area contributed by atoms with Crippen LogP contribution in [-0.2, 0) is 0 Å². The minimum atomic E-state index is 0.569. The Labute approximate surface area is 316 Å². The van der Waals surface area contributed by atoms with Crippen molar-refractivity contribution < 1.29 is 0 Å². The van der Waals surface area contributed by atoms with Gasteiger partial charge in [-0.1, -0.05) is 109 Å². The fraction of sp³-hybridized carbons (Fsp3) is 0. The third kappa shape index (κ3) is 4.39. The molecule has 5 nitrogen and oxygen atoms in total. The van der Waals surface area contributed by atoms with E-state index < -0.39 is 0 Å². The van der Waals surface area contributed by atoms with E-state index in [1.807, 2.05) is 42.5 Å². The summed E-state index contributed by atoms with van der Waals surface area (Å²) < 4.78 is 6.80. The van der Waals surface area contributed by atoms with Gasteiger partial charge in [0.15, 0.2) is 0 Å². The Kier molecular flexibility index (Phi) is 6.61. The van der Waals surface area contributed by atoms with Crippen LogP contribution in [-0.4, -0.2) is 13.7 Å². The molecule has 254 valence electrons. The number of nitrogens with zero attached hydrogens (tertiary/aromatic N) is 5. The van der Waals surface area contributed by atoms with Crippen LogP contribution in [0.15, 0.2) is 176 Å². The van der Waals surface area contributed by atoms with Crippen LogP contribution < -0.4 is 0 Å². The molecule has 0 N–H and O–H groups in total. The number of para-hydroxylation sites is 6. The van der Waals surface area contributed by atoms with Crippen molar-refractivity contribution in [3.8, 4) is 40.3 Å². The van der Waals surface area contributed by atoms with Crippen LogP contribution in [0, 0.1) is 22.7 Å². The summed E-state index contributed by atoms with van der Waals surface area (Å²) in [4.78, 5) is 0. The lowest BCUT2D eigenvalue weighted by atomic mass is 9.97. The van der Waals surface area contributed by atoms with Gasteiger partial charge in [-0.05, 0) is 66.7 Å². The number of fused-ring (bicyclic) bond motifs is 9. The normalized spacial score (nSPS) is 11.6. The van der Waals surface area contributed by atoms with Crippen LogP contribution in [0.25, 0.3) is 93.6 Å². The predicted octanol–water partition coefficient (Wildman–Crippen LogP) is 12.4. The number of hydrogen-bond acceptors (Lipinski definition) is 2. The van der Waals surface area contributed by atoms with E-state index in [0.717, 1.165) is 71.8 Å². The van der Waals surface area contributed by atoms with Crippen LogP contribution in [0.2, 0.25) is 0 Å². The van der Waals surface area contributed by atoms with Crippen LogP contribution >= 0.6 is 0 Å². The lowest BCUT2D eigenvalue weighted by Gasteiger charge is -2.16. The zero-order valence-corrected chi connectivity index (χ0v) is 29.5. The molecule has 0 spiro atoms. The lowest BCUT2D eigenvalue weighted by molar-refractivity contribution is 1.16. The first-order valence-corrected chi connectivity index (χ1v) is 18.3. The molecule has 0 saturated carbocycles. The summed E-state index contributed by atoms with van der Waals surface area (Å²) in [5.74, 6) is 0. The molecule has 0 aliphatic carbocycles. The maximum Gasteiger partial charge on any atom is 0.101 e. The van der Waals surface area contributed by atoms with Crippen molar-refractivity contribution in [1.29, 1.82) is 10.5 Å². The minimum Gasteiger partial charge on any atom is -0.309 e. The number of aromatic nitrogens is 3. The van der Waals surface area contributed by atoms with E-state index in [2.05, 4.69) is 159 Å². The molecule has 11 rings (SSSR count). The summed E-state index contributed by atoms with van der Waals surface area (Å²) >= 11 is 0. The van der Waals surface area contributed by atoms with Gasteiger partial charge < -0.3 is 13.7 Å². The van der Waals surface area contributed by atoms with E-state index in [1.54, 1.807) is 0 Å². The van der Waals surface area contributed by atoms with Crippen molar-refractivity contribution in [2.75, 3.05) is 0 Å². The van der Waals surface area contributed by atoms with Gasteiger partial charge in [0.2, 0.25) is 0 Å². The van der Waals surface area contributed by atoms with Crippen molar-refractivity contribution in [2.45, 2.75) is 0 Å². The van der Waals surface area contributed by atoms with Gasteiger partial charge in [0.1, 0.15) is 6.07 Å². The van der Waals surface area contributed by atoms with E-state index in [-0.39, 0.29) is 0 Å². The van der Waals surface area contributed by atoms with Gasteiger partial charge in [-0.25, -0.2) is 0 Å². The van der Waals surface area contributed by atoms with E-state index in [9.17, 15) is 10.5 Å². The highest BCUT2D eigenvalue weighted by Gasteiger charge is 2.21. The molecule has 0 aliphatic rings. The van der Waals surface area contributed by atoms with Gasteiger partial charge in [-0.3, -0.25) is 0 Å². The highest BCUT2D eigenvalue weighted by atomic mass is 15.0. The molecule has 0 atom stereocenters. The Bertz CT molecular complexity index is 3420. The van der Waals surface area contributed by atoms with Crippen molar-refractivity contribution in [3.05, 3.63) is 187 Å². The molecular weight excluding hydrogens is 671 g/mol. The highest BCUT2D eigenvalue weighted by Crippen LogP contribution is 2.40. The smallest absolute Gasteiger partial charge is 0.101 e. The highest BCUT2D eigenvalue weighted by molar-refractivity contribution is 6.13. The molecule has 3 aromatic heterocycles. The van der Waals surface area contributed by atoms with E-state index in [0.29, 0.717) is 11.1 Å². The zero-order valence-electron chi connectivity index (χ0n) is 29.5. The summed E-state index contributed by atoms with van der Waals surface area (Å²) in [6, 6.07) is 65.8. The third-order valence-corrected chi connectivity index (χ3v) is 11.1. The van der Waals surface area contributed by atoms with Crippen molar-refractivity contribution >= 4 is 65.4 Å². The van der Waals surface area contributed by atoms with E-state index in [1.165, 1.54) is 21.8 Å². The number of hydrogen-bond donors (Lipinski definition) is 0. The Morgan fingerprint density at radius 3 is 1.44 bits per heavy atom. The quantitative estimate of drug-likeness (QED) is 0.184. The first kappa shape index (κ1) is 30.7. The largest absolute Gasteiger partial charge is 0.309 e. The molecule has 11 aromatic rings. The standard InChI is InChI=1S/C50H29N5/c51-30-32-12-11-18-42-40-16-4-10-23-48(40)55(50(32)42)47-22-9-1-13-37(47)36-26-24-34(28-33(36)31-52)53-46-21-8-5-17-41(46)43-29-35(25-27-49(43)53)54-44-19-6-2-14-38(44)39-15-3-7-20-45(39)54/h1-29H. The van der Waals surface area contributed by atoms with Crippen LogP contribution in [0.3, 0.4) is 0 Å². The first-order valence-electron chi connectivity index (χ1n) is 18.3. The zero-order chi connectivity index (χ0) is 36.6. The van der Waals surface area contributed by atoms with Gasteiger partial charge in [-0.2, -0.15) is 10.5 Å². The fourth-order valence-corrected chi connectivity index (χ4v) is 8.83. The monoisotopic (exact) mass is 699 g/mol. The van der Waals surface area contributed by atoms with Gasteiger partial charge >= 0.3 is 0 Å². The fourth-order valence-electron chi connectivity index (χ4n) is 8.83. The predicted molar refractivity (Wildman–Crippen MR) is 224 cm³/mol. The molecule has 0 amide bonds. The second kappa shape index (κ2) is 11.8. The van der Waals surface area contributed by atoms with Crippen molar-refractivity contribution in [3.63, 3.8) is 0 Å². The molecule has 0 radical (unpaired) electrons. The van der Waals surface area contributed by atoms with Crippen molar-refractivity contribution in [1.82, 2.24) is 13.7 Å². The number of benzene rings is 8. The van der Waals surface area contributed by atoms with Gasteiger partial charge in [-0.15, -0.1) is 0 Å². The third-order valence-electron chi connectivity index (χ3n) is 11.1. The molecule has 0 unspecified atom stereocenters. The lowest BCUT2D eigenvalue weighted by Crippen LogP contribution is -2.00. The summed E-state index contributed by atoms with van der Waals surface area (Å²) in [6.07, 6.45) is 0. The topological polar surface area (TPSA) is 62.4 Å². The second-order valence-corrected chi connectivity index (χ2v) is 13.9. The summed E-state index contributed by atoms with van der Waals surface area (Å²) in [6.45, 7) is 0. The Morgan fingerprint density at radius 1 is 0.327 bits per heavy atom. The average molecular weight is 700 g/mol. The average Bonchev–Trinajstić information content (AvgIpc) is 3.89. The molecule has 55 heavy (non-hydrogen) atoms. The van der Waals surface area contributed by atoms with E-state index >= 15 is 0 Å². The SMILES string of the molecule is N#Cc1cc(-n2c3ccccc3c3cc(-n4c5ccccc5c5ccccc54)ccc32)ccc1-c1ccccc1-n1c2ccccc2c2cccc(C#N)c21. The molecule has 0 bridgehead atoms. The molecule has 5 heteroatoms. The van der Waals surface area contributed by atoms with Crippen LogP contribution in [0.4, 0.5) is 0 Å². The maximum absolute atomic E-state index is 10.8. The summed E-state index contributed by atoms with van der Waals surface area (Å²) in [7, 11) is 0. The first-order chi connectivity index (χ1) is 27.2. The molecule has 0 saturated heterocycles. The summed E-state index contributed by atoms with van der Waals surface area (Å²) in [5.41, 5.74) is 12.2. The number of nitriles is 2. The molecule has 3 heterocycles. The van der Waals surface area contributed by atoms with Gasteiger partial charge in [0, 0.05) is 54.8 Å². The van der Waals surface area contributed by atoms with Crippen LogP contribution in [0.5, 0.6) is 0 Å². The summed E-state index contributed by atoms with van der Waals surface area (Å²) in [5, 5.41) is 27.8. The van der Waals surface area contributed by atoms with E-state index in [4.69, 9.17) is 0 Å². The maximum atomic E-state index is 10.8. The molecule has 0 aliphatic heterocycles. The van der Waals surface area contributed by atoms with Crippen molar-refractivity contribution in [2.24, 2.45) is 0 Å². The van der Waals surface area contributed by atoms with Gasteiger partial charge in [0.05, 0.1) is 56.0 Å². The Morgan fingerprint density at radius 2 is 0.800 bits per heavy atom. The molecule has 8 aromatic carbocycles. The number of rotatable bonds is 4.